The SMILES string of the molecule is O=C(C=Cc1ccc(Cl)s1)NCc1ccccc1S(=O)(=O)N1CCOCC1. The van der Waals surface area contributed by atoms with E-state index >= 15 is 0 Å². The predicted molar refractivity (Wildman–Crippen MR) is 106 cm³/mol. The highest BCUT2D eigenvalue weighted by molar-refractivity contribution is 7.89. The number of amides is 1. The van der Waals surface area contributed by atoms with Crippen molar-refractivity contribution in [3.05, 3.63) is 57.3 Å². The molecule has 0 unspecified atom stereocenters. The molecular weight excluding hydrogens is 408 g/mol. The van der Waals surface area contributed by atoms with Crippen LogP contribution in [0, 0.1) is 0 Å². The molecule has 1 aromatic carbocycles. The lowest BCUT2D eigenvalue weighted by Gasteiger charge is -2.27. The van der Waals surface area contributed by atoms with Crippen LogP contribution in [0.2, 0.25) is 4.34 Å². The Kier molecular flexibility index (Phi) is 6.67. The zero-order valence-electron chi connectivity index (χ0n) is 14.4. The molecule has 1 aliphatic heterocycles. The zero-order valence-corrected chi connectivity index (χ0v) is 16.8. The lowest BCUT2D eigenvalue weighted by molar-refractivity contribution is -0.116. The number of nitrogens with zero attached hydrogens (tertiary/aromatic N) is 1. The average Bonchev–Trinajstić information content (AvgIpc) is 3.11. The normalized spacial score (nSPS) is 15.9. The number of carbonyl (C=O) groups excluding carboxylic acids is 1. The van der Waals surface area contributed by atoms with Crippen LogP contribution in [-0.4, -0.2) is 44.9 Å². The predicted octanol–water partition coefficient (Wildman–Crippen LogP) is 2.75. The van der Waals surface area contributed by atoms with Gasteiger partial charge in [-0.25, -0.2) is 8.42 Å². The lowest BCUT2D eigenvalue weighted by atomic mass is 10.2. The van der Waals surface area contributed by atoms with Crippen LogP contribution in [0.15, 0.2) is 47.4 Å². The number of carbonyl (C=O) groups is 1. The second-order valence-electron chi connectivity index (χ2n) is 5.82. The molecule has 0 aliphatic carbocycles. The molecule has 0 saturated carbocycles. The number of sulfonamides is 1. The number of nitrogens with one attached hydrogen (secondary N) is 1. The number of morpholine rings is 1. The first kappa shape index (κ1) is 20.0. The smallest absolute Gasteiger partial charge is 0.244 e. The van der Waals surface area contributed by atoms with Crippen LogP contribution in [0.1, 0.15) is 10.4 Å². The van der Waals surface area contributed by atoms with Crippen molar-refractivity contribution in [1.82, 2.24) is 9.62 Å². The van der Waals surface area contributed by atoms with Gasteiger partial charge in [0.25, 0.3) is 0 Å². The van der Waals surface area contributed by atoms with Gasteiger partial charge in [0.2, 0.25) is 15.9 Å². The molecule has 27 heavy (non-hydrogen) atoms. The molecule has 1 aromatic heterocycles. The second-order valence-corrected chi connectivity index (χ2v) is 9.47. The van der Waals surface area contributed by atoms with Crippen molar-refractivity contribution in [3.8, 4) is 0 Å². The van der Waals surface area contributed by atoms with Crippen LogP contribution in [0.5, 0.6) is 0 Å². The summed E-state index contributed by atoms with van der Waals surface area (Å²) in [5, 5.41) is 2.73. The van der Waals surface area contributed by atoms with E-state index < -0.39 is 10.0 Å². The Morgan fingerprint density at radius 1 is 1.22 bits per heavy atom. The Bertz CT molecular complexity index is 934. The van der Waals surface area contributed by atoms with Crippen LogP contribution in [0.25, 0.3) is 6.08 Å². The van der Waals surface area contributed by atoms with Gasteiger partial charge in [-0.15, -0.1) is 11.3 Å². The van der Waals surface area contributed by atoms with Gasteiger partial charge in [0, 0.05) is 30.6 Å². The first-order chi connectivity index (χ1) is 13.0. The van der Waals surface area contributed by atoms with E-state index in [1.54, 1.807) is 36.4 Å². The van der Waals surface area contributed by atoms with Gasteiger partial charge in [0.1, 0.15) is 0 Å². The average molecular weight is 427 g/mol. The van der Waals surface area contributed by atoms with Gasteiger partial charge in [0.05, 0.1) is 22.4 Å². The fraction of sp³-hybridized carbons (Fsp3) is 0.278. The number of hydrogen-bond acceptors (Lipinski definition) is 5. The summed E-state index contributed by atoms with van der Waals surface area (Å²) in [6, 6.07) is 10.3. The summed E-state index contributed by atoms with van der Waals surface area (Å²) in [5.74, 6) is -0.307. The number of thiophene rings is 1. The van der Waals surface area contributed by atoms with Crippen molar-refractivity contribution in [3.63, 3.8) is 0 Å². The van der Waals surface area contributed by atoms with E-state index in [-0.39, 0.29) is 17.3 Å². The van der Waals surface area contributed by atoms with E-state index in [1.807, 2.05) is 6.07 Å². The first-order valence-corrected chi connectivity index (χ1v) is 11.0. The van der Waals surface area contributed by atoms with Crippen molar-refractivity contribution in [2.24, 2.45) is 0 Å². The standard InChI is InChI=1S/C18H19ClN2O4S2/c19-17-7-5-15(26-17)6-8-18(22)20-13-14-3-1-2-4-16(14)27(23,24)21-9-11-25-12-10-21/h1-8H,9-13H2,(H,20,22). The highest BCUT2D eigenvalue weighted by atomic mass is 35.5. The number of hydrogen-bond donors (Lipinski definition) is 1. The fourth-order valence-corrected chi connectivity index (χ4v) is 5.24. The molecule has 1 saturated heterocycles. The Labute approximate surface area is 167 Å². The molecule has 2 aromatic rings. The summed E-state index contributed by atoms with van der Waals surface area (Å²) >= 11 is 7.23. The maximum absolute atomic E-state index is 12.9. The van der Waals surface area contributed by atoms with E-state index in [0.29, 0.717) is 36.2 Å². The molecule has 2 heterocycles. The summed E-state index contributed by atoms with van der Waals surface area (Å²) < 4.78 is 33.1. The quantitative estimate of drug-likeness (QED) is 0.720. The highest BCUT2D eigenvalue weighted by Crippen LogP contribution is 2.23. The Hall–Kier alpha value is -1.71. The maximum Gasteiger partial charge on any atom is 0.244 e. The molecule has 0 atom stereocenters. The van der Waals surface area contributed by atoms with Crippen molar-refractivity contribution >= 4 is 44.9 Å². The molecule has 9 heteroatoms. The molecule has 6 nitrogen and oxygen atoms in total. The lowest BCUT2D eigenvalue weighted by Crippen LogP contribution is -2.41. The Morgan fingerprint density at radius 3 is 2.67 bits per heavy atom. The van der Waals surface area contributed by atoms with Crippen LogP contribution in [0.3, 0.4) is 0 Å². The minimum absolute atomic E-state index is 0.119. The van der Waals surface area contributed by atoms with Crippen molar-refractivity contribution < 1.29 is 17.9 Å². The Morgan fingerprint density at radius 2 is 1.96 bits per heavy atom. The van der Waals surface area contributed by atoms with Crippen LogP contribution in [0.4, 0.5) is 0 Å². The molecule has 3 rings (SSSR count). The number of halogens is 1. The molecule has 1 fully saturated rings. The Balaban J connectivity index is 1.69. The molecule has 0 bridgehead atoms. The fourth-order valence-electron chi connectivity index (χ4n) is 2.64. The summed E-state index contributed by atoms with van der Waals surface area (Å²) in [6.45, 7) is 1.55. The summed E-state index contributed by atoms with van der Waals surface area (Å²) in [6.07, 6.45) is 3.07. The van der Waals surface area contributed by atoms with Gasteiger partial charge in [-0.1, -0.05) is 29.8 Å². The molecule has 0 spiro atoms. The second kappa shape index (κ2) is 8.99. The zero-order chi connectivity index (χ0) is 19.3. The highest BCUT2D eigenvalue weighted by Gasteiger charge is 2.28. The third-order valence-electron chi connectivity index (χ3n) is 4.01. The van der Waals surface area contributed by atoms with E-state index in [9.17, 15) is 13.2 Å². The molecule has 1 aliphatic rings. The van der Waals surface area contributed by atoms with Gasteiger partial charge in [-0.05, 0) is 29.8 Å². The van der Waals surface area contributed by atoms with Crippen LogP contribution >= 0.6 is 22.9 Å². The molecule has 144 valence electrons. The molecule has 1 amide bonds. The summed E-state index contributed by atoms with van der Waals surface area (Å²) in [5.41, 5.74) is 0.546. The van der Waals surface area contributed by atoms with Gasteiger partial charge >= 0.3 is 0 Å². The molecule has 0 radical (unpaired) electrons. The van der Waals surface area contributed by atoms with Crippen molar-refractivity contribution in [1.29, 1.82) is 0 Å². The largest absolute Gasteiger partial charge is 0.379 e. The van der Waals surface area contributed by atoms with Crippen LogP contribution < -0.4 is 5.32 Å². The summed E-state index contributed by atoms with van der Waals surface area (Å²) in [7, 11) is -3.62. The van der Waals surface area contributed by atoms with Gasteiger partial charge in [-0.2, -0.15) is 4.31 Å². The van der Waals surface area contributed by atoms with Gasteiger partial charge < -0.3 is 10.1 Å². The van der Waals surface area contributed by atoms with Crippen molar-refractivity contribution in [2.75, 3.05) is 26.3 Å². The van der Waals surface area contributed by atoms with Gasteiger partial charge in [0.15, 0.2) is 0 Å². The van der Waals surface area contributed by atoms with E-state index in [4.69, 9.17) is 16.3 Å². The maximum atomic E-state index is 12.9. The number of benzene rings is 1. The van der Waals surface area contributed by atoms with E-state index in [1.165, 1.54) is 21.7 Å². The minimum atomic E-state index is -3.62. The monoisotopic (exact) mass is 426 g/mol. The number of ether oxygens (including phenoxy) is 1. The molecular formula is C18H19ClN2O4S2. The third-order valence-corrected chi connectivity index (χ3v) is 7.20. The van der Waals surface area contributed by atoms with E-state index in [2.05, 4.69) is 5.32 Å². The minimum Gasteiger partial charge on any atom is -0.379 e. The number of rotatable bonds is 6. The van der Waals surface area contributed by atoms with Crippen LogP contribution in [-0.2, 0) is 26.1 Å². The topological polar surface area (TPSA) is 75.7 Å². The van der Waals surface area contributed by atoms with E-state index in [0.717, 1.165) is 4.88 Å². The van der Waals surface area contributed by atoms with Crippen molar-refractivity contribution in [2.45, 2.75) is 11.4 Å². The van der Waals surface area contributed by atoms with Gasteiger partial charge in [-0.3, -0.25) is 4.79 Å². The summed E-state index contributed by atoms with van der Waals surface area (Å²) in [4.78, 5) is 13.1. The molecule has 1 N–H and O–H groups in total. The first-order valence-electron chi connectivity index (χ1n) is 8.34. The third kappa shape index (κ3) is 5.18.